The fourth-order valence-corrected chi connectivity index (χ4v) is 3.03. The van der Waals surface area contributed by atoms with Crippen molar-refractivity contribution < 1.29 is 0 Å². The van der Waals surface area contributed by atoms with Crippen LogP contribution in [0.2, 0.25) is 10.0 Å². The average Bonchev–Trinajstić information content (AvgIpc) is 2.65. The van der Waals surface area contributed by atoms with Crippen molar-refractivity contribution in [3.8, 4) is 0 Å². The molecule has 2 unspecified atom stereocenters. The number of rotatable bonds is 2. The first-order chi connectivity index (χ1) is 7.59. The molecule has 0 bridgehead atoms. The van der Waals surface area contributed by atoms with Gasteiger partial charge in [-0.1, -0.05) is 36.5 Å². The van der Waals surface area contributed by atoms with Crippen molar-refractivity contribution in [2.24, 2.45) is 5.92 Å². The van der Waals surface area contributed by atoms with Gasteiger partial charge >= 0.3 is 0 Å². The molecule has 0 heterocycles. The Morgan fingerprint density at radius 1 is 1.25 bits per heavy atom. The monoisotopic (exact) mass is 321 g/mol. The summed E-state index contributed by atoms with van der Waals surface area (Å²) in [6, 6.07) is 4.43. The average molecular weight is 323 g/mol. The zero-order valence-corrected chi connectivity index (χ0v) is 12.2. The van der Waals surface area contributed by atoms with Gasteiger partial charge in [-0.25, -0.2) is 0 Å². The fourth-order valence-electron chi connectivity index (χ4n) is 2.20. The van der Waals surface area contributed by atoms with E-state index in [0.29, 0.717) is 22.0 Å². The van der Waals surface area contributed by atoms with E-state index in [1.807, 2.05) is 12.1 Å². The summed E-state index contributed by atoms with van der Waals surface area (Å²) in [5.41, 5.74) is 0.939. The molecule has 1 nitrogen and oxygen atoms in total. The molecule has 0 amide bonds. The molecule has 2 rings (SSSR count). The van der Waals surface area contributed by atoms with Crippen LogP contribution in [-0.4, -0.2) is 6.04 Å². The van der Waals surface area contributed by atoms with Crippen molar-refractivity contribution in [1.29, 1.82) is 0 Å². The number of halogens is 3. The molecule has 1 N–H and O–H groups in total. The Morgan fingerprint density at radius 2 is 2.00 bits per heavy atom. The van der Waals surface area contributed by atoms with E-state index >= 15 is 0 Å². The first kappa shape index (κ1) is 12.5. The first-order valence-corrected chi connectivity index (χ1v) is 7.04. The minimum Gasteiger partial charge on any atom is -0.381 e. The summed E-state index contributed by atoms with van der Waals surface area (Å²) in [4.78, 5) is 0. The van der Waals surface area contributed by atoms with Gasteiger partial charge in [0.2, 0.25) is 0 Å². The number of benzene rings is 1. The Labute approximate surface area is 115 Å². The molecule has 0 saturated heterocycles. The highest BCUT2D eigenvalue weighted by atomic mass is 79.9. The molecule has 0 aliphatic heterocycles. The van der Waals surface area contributed by atoms with Crippen LogP contribution in [0, 0.1) is 5.92 Å². The van der Waals surface area contributed by atoms with Crippen molar-refractivity contribution in [3.63, 3.8) is 0 Å². The Balaban J connectivity index is 2.18. The van der Waals surface area contributed by atoms with Crippen molar-refractivity contribution >= 4 is 44.8 Å². The predicted octanol–water partition coefficient (Wildman–Crippen LogP) is 5.36. The molecule has 16 heavy (non-hydrogen) atoms. The Hall–Kier alpha value is 0.0800. The van der Waals surface area contributed by atoms with E-state index in [9.17, 15) is 0 Å². The highest BCUT2D eigenvalue weighted by molar-refractivity contribution is 9.10. The van der Waals surface area contributed by atoms with Gasteiger partial charge in [0.1, 0.15) is 0 Å². The van der Waals surface area contributed by atoms with Gasteiger partial charge in [0.25, 0.3) is 0 Å². The SMILES string of the molecule is CC1CCCC1Nc1ccc(Br)c(Cl)c1Cl. The molecule has 1 saturated carbocycles. The standard InChI is InChI=1S/C12H14BrCl2N/c1-7-3-2-4-9(7)16-10-6-5-8(13)11(14)12(10)15/h5-7,9,16H,2-4H2,1H3. The van der Waals surface area contributed by atoms with Crippen LogP contribution in [0.25, 0.3) is 0 Å². The smallest absolute Gasteiger partial charge is 0.0835 e. The summed E-state index contributed by atoms with van der Waals surface area (Å²) in [6.45, 7) is 2.28. The molecular weight excluding hydrogens is 309 g/mol. The van der Waals surface area contributed by atoms with Crippen LogP contribution in [0.15, 0.2) is 16.6 Å². The van der Waals surface area contributed by atoms with Gasteiger partial charge in [-0.3, -0.25) is 0 Å². The maximum absolute atomic E-state index is 6.20. The third-order valence-electron chi connectivity index (χ3n) is 3.24. The third-order valence-corrected chi connectivity index (χ3v) is 5.01. The maximum Gasteiger partial charge on any atom is 0.0835 e. The molecule has 0 spiro atoms. The second-order valence-electron chi connectivity index (χ2n) is 4.38. The largest absolute Gasteiger partial charge is 0.381 e. The van der Waals surface area contributed by atoms with Crippen LogP contribution >= 0.6 is 39.1 Å². The molecule has 1 aromatic carbocycles. The topological polar surface area (TPSA) is 12.0 Å². The first-order valence-electron chi connectivity index (χ1n) is 5.49. The van der Waals surface area contributed by atoms with Gasteiger partial charge in [0.15, 0.2) is 0 Å². The lowest BCUT2D eigenvalue weighted by Crippen LogP contribution is -2.21. The molecule has 1 aliphatic rings. The summed E-state index contributed by atoms with van der Waals surface area (Å²) in [6.07, 6.45) is 3.80. The van der Waals surface area contributed by atoms with Crippen LogP contribution in [-0.2, 0) is 0 Å². The second kappa shape index (κ2) is 5.16. The number of nitrogens with one attached hydrogen (secondary N) is 1. The molecular formula is C12H14BrCl2N. The highest BCUT2D eigenvalue weighted by Crippen LogP contribution is 2.37. The number of anilines is 1. The summed E-state index contributed by atoms with van der Waals surface area (Å²) in [7, 11) is 0. The normalized spacial score (nSPS) is 24.8. The molecule has 4 heteroatoms. The lowest BCUT2D eigenvalue weighted by Gasteiger charge is -2.20. The van der Waals surface area contributed by atoms with E-state index in [-0.39, 0.29) is 0 Å². The summed E-state index contributed by atoms with van der Waals surface area (Å²) >= 11 is 15.6. The Kier molecular flexibility index (Phi) is 4.04. The molecule has 1 aliphatic carbocycles. The zero-order chi connectivity index (χ0) is 11.7. The highest BCUT2D eigenvalue weighted by Gasteiger charge is 2.24. The minimum absolute atomic E-state index is 0.523. The second-order valence-corrected chi connectivity index (χ2v) is 5.99. The molecule has 0 radical (unpaired) electrons. The number of hydrogen-bond acceptors (Lipinski definition) is 1. The van der Waals surface area contributed by atoms with Crippen LogP contribution in [0.3, 0.4) is 0 Å². The summed E-state index contributed by atoms with van der Waals surface area (Å²) in [5, 5.41) is 4.68. The third kappa shape index (κ3) is 2.49. The fraction of sp³-hybridized carbons (Fsp3) is 0.500. The van der Waals surface area contributed by atoms with Crippen molar-refractivity contribution in [2.75, 3.05) is 5.32 Å². The summed E-state index contributed by atoms with van der Waals surface area (Å²) in [5.74, 6) is 0.707. The predicted molar refractivity (Wildman–Crippen MR) is 74.6 cm³/mol. The van der Waals surface area contributed by atoms with E-state index in [4.69, 9.17) is 23.2 Å². The van der Waals surface area contributed by atoms with E-state index < -0.39 is 0 Å². The van der Waals surface area contributed by atoms with Gasteiger partial charge in [-0.05, 0) is 46.8 Å². The van der Waals surface area contributed by atoms with E-state index in [1.165, 1.54) is 19.3 Å². The lowest BCUT2D eigenvalue weighted by atomic mass is 10.1. The van der Waals surface area contributed by atoms with Gasteiger partial charge in [-0.2, -0.15) is 0 Å². The van der Waals surface area contributed by atoms with Crippen LogP contribution in [0.5, 0.6) is 0 Å². The van der Waals surface area contributed by atoms with Crippen LogP contribution < -0.4 is 5.32 Å². The minimum atomic E-state index is 0.523. The Bertz CT molecular complexity index is 395. The zero-order valence-electron chi connectivity index (χ0n) is 9.06. The lowest BCUT2D eigenvalue weighted by molar-refractivity contribution is 0.556. The molecule has 2 atom stereocenters. The number of hydrogen-bond donors (Lipinski definition) is 1. The van der Waals surface area contributed by atoms with Gasteiger partial charge in [-0.15, -0.1) is 0 Å². The van der Waals surface area contributed by atoms with Crippen molar-refractivity contribution in [2.45, 2.75) is 32.2 Å². The van der Waals surface area contributed by atoms with Crippen LogP contribution in [0.1, 0.15) is 26.2 Å². The molecule has 0 aromatic heterocycles. The van der Waals surface area contributed by atoms with E-state index in [2.05, 4.69) is 28.2 Å². The van der Waals surface area contributed by atoms with E-state index in [1.54, 1.807) is 0 Å². The maximum atomic E-state index is 6.20. The van der Waals surface area contributed by atoms with Gasteiger partial charge in [0.05, 0.1) is 15.7 Å². The van der Waals surface area contributed by atoms with Crippen molar-refractivity contribution in [1.82, 2.24) is 0 Å². The molecule has 1 fully saturated rings. The van der Waals surface area contributed by atoms with Crippen molar-refractivity contribution in [3.05, 3.63) is 26.7 Å². The van der Waals surface area contributed by atoms with Gasteiger partial charge < -0.3 is 5.32 Å². The molecule has 1 aromatic rings. The van der Waals surface area contributed by atoms with Gasteiger partial charge in [0, 0.05) is 10.5 Å². The van der Waals surface area contributed by atoms with Crippen LogP contribution in [0.4, 0.5) is 5.69 Å². The van der Waals surface area contributed by atoms with E-state index in [0.717, 1.165) is 10.2 Å². The Morgan fingerprint density at radius 3 is 2.62 bits per heavy atom. The quantitative estimate of drug-likeness (QED) is 0.723. The molecule has 88 valence electrons. The summed E-state index contributed by atoms with van der Waals surface area (Å²) < 4.78 is 0.837.